The van der Waals surface area contributed by atoms with Gasteiger partial charge in [0.2, 0.25) is 11.8 Å². The quantitative estimate of drug-likeness (QED) is 0.668. The number of ether oxygens (including phenoxy) is 1. The predicted octanol–water partition coefficient (Wildman–Crippen LogP) is -0.837. The van der Waals surface area contributed by atoms with Crippen molar-refractivity contribution in [2.45, 2.75) is 38.3 Å². The summed E-state index contributed by atoms with van der Waals surface area (Å²) in [6.45, 7) is 9.09. The molecular formula is C15H28N4O3. The Hall–Kier alpha value is -1.18. The average molecular weight is 312 g/mol. The number of likely N-dealkylation sites (tertiary alicyclic amines) is 1. The summed E-state index contributed by atoms with van der Waals surface area (Å²) in [5.41, 5.74) is 5.27. The second kappa shape index (κ2) is 7.39. The molecule has 0 bridgehead atoms. The molecule has 2 aliphatic rings. The molecule has 2 fully saturated rings. The highest BCUT2D eigenvalue weighted by Crippen LogP contribution is 2.17. The Balaban J connectivity index is 1.78. The summed E-state index contributed by atoms with van der Waals surface area (Å²) in [7, 11) is 0. The van der Waals surface area contributed by atoms with E-state index in [4.69, 9.17) is 10.5 Å². The van der Waals surface area contributed by atoms with E-state index in [0.717, 1.165) is 45.7 Å². The molecule has 7 heteroatoms. The van der Waals surface area contributed by atoms with Crippen LogP contribution in [0.3, 0.4) is 0 Å². The summed E-state index contributed by atoms with van der Waals surface area (Å²) in [4.78, 5) is 27.7. The van der Waals surface area contributed by atoms with E-state index in [1.54, 1.807) is 0 Å². The van der Waals surface area contributed by atoms with Gasteiger partial charge in [0.25, 0.3) is 0 Å². The summed E-state index contributed by atoms with van der Waals surface area (Å²) in [6.07, 6.45) is 1.67. The minimum Gasteiger partial charge on any atom is -0.379 e. The molecule has 2 rings (SSSR count). The first-order valence-electron chi connectivity index (χ1n) is 8.03. The number of rotatable bonds is 6. The Morgan fingerprint density at radius 1 is 1.27 bits per heavy atom. The van der Waals surface area contributed by atoms with Gasteiger partial charge in [0.15, 0.2) is 0 Å². The molecule has 3 N–H and O–H groups in total. The summed E-state index contributed by atoms with van der Waals surface area (Å²) < 4.78 is 5.36. The van der Waals surface area contributed by atoms with Crippen LogP contribution in [0.5, 0.6) is 0 Å². The SMILES string of the molecule is CC(C)(CNC(=O)CN1CCC[C@@H]1C(N)=O)N1CCOCC1. The highest BCUT2D eigenvalue weighted by molar-refractivity contribution is 5.82. The van der Waals surface area contributed by atoms with Crippen LogP contribution in [0, 0.1) is 0 Å². The molecule has 0 saturated carbocycles. The molecule has 1 atom stereocenters. The topological polar surface area (TPSA) is 87.9 Å². The van der Waals surface area contributed by atoms with Crippen molar-refractivity contribution in [3.8, 4) is 0 Å². The number of morpholine rings is 1. The molecule has 0 aromatic heterocycles. The molecule has 22 heavy (non-hydrogen) atoms. The van der Waals surface area contributed by atoms with Gasteiger partial charge in [-0.05, 0) is 33.2 Å². The Bertz CT molecular complexity index is 408. The van der Waals surface area contributed by atoms with E-state index in [1.165, 1.54) is 0 Å². The highest BCUT2D eigenvalue weighted by atomic mass is 16.5. The Morgan fingerprint density at radius 3 is 2.59 bits per heavy atom. The van der Waals surface area contributed by atoms with Crippen LogP contribution in [0.4, 0.5) is 0 Å². The maximum atomic E-state index is 12.1. The lowest BCUT2D eigenvalue weighted by Gasteiger charge is -2.41. The average Bonchev–Trinajstić information content (AvgIpc) is 2.94. The van der Waals surface area contributed by atoms with Crippen molar-refractivity contribution < 1.29 is 14.3 Å². The van der Waals surface area contributed by atoms with Crippen LogP contribution in [0.15, 0.2) is 0 Å². The molecule has 0 unspecified atom stereocenters. The van der Waals surface area contributed by atoms with Crippen molar-refractivity contribution in [2.75, 3.05) is 45.9 Å². The molecule has 2 aliphatic heterocycles. The molecular weight excluding hydrogens is 284 g/mol. The number of nitrogens with two attached hydrogens (primary N) is 1. The van der Waals surface area contributed by atoms with Gasteiger partial charge in [-0.3, -0.25) is 19.4 Å². The molecule has 2 heterocycles. The van der Waals surface area contributed by atoms with Gasteiger partial charge in [-0.25, -0.2) is 0 Å². The Morgan fingerprint density at radius 2 is 1.95 bits per heavy atom. The summed E-state index contributed by atoms with van der Waals surface area (Å²) in [6, 6.07) is -0.294. The van der Waals surface area contributed by atoms with E-state index in [9.17, 15) is 9.59 Å². The number of nitrogens with one attached hydrogen (secondary N) is 1. The molecule has 2 saturated heterocycles. The fourth-order valence-electron chi connectivity index (χ4n) is 3.17. The second-order valence-corrected chi connectivity index (χ2v) is 6.72. The number of carbonyl (C=O) groups excluding carboxylic acids is 2. The first kappa shape index (κ1) is 17.2. The van der Waals surface area contributed by atoms with Crippen LogP contribution in [-0.4, -0.2) is 79.1 Å². The van der Waals surface area contributed by atoms with E-state index < -0.39 is 0 Å². The lowest BCUT2D eigenvalue weighted by molar-refractivity contribution is -0.126. The first-order chi connectivity index (χ1) is 10.4. The van der Waals surface area contributed by atoms with Gasteiger partial charge >= 0.3 is 0 Å². The van der Waals surface area contributed by atoms with Crippen LogP contribution >= 0.6 is 0 Å². The van der Waals surface area contributed by atoms with E-state index in [0.29, 0.717) is 6.54 Å². The number of amides is 2. The summed E-state index contributed by atoms with van der Waals surface area (Å²) in [5, 5.41) is 2.99. The third-order valence-corrected chi connectivity index (χ3v) is 4.62. The van der Waals surface area contributed by atoms with Crippen molar-refractivity contribution in [2.24, 2.45) is 5.73 Å². The molecule has 0 aromatic rings. The third-order valence-electron chi connectivity index (χ3n) is 4.62. The number of hydrogen-bond acceptors (Lipinski definition) is 5. The highest BCUT2D eigenvalue weighted by Gasteiger charge is 2.32. The minimum atomic E-state index is -0.334. The van der Waals surface area contributed by atoms with E-state index in [-0.39, 0.29) is 29.9 Å². The molecule has 0 radical (unpaired) electrons. The zero-order valence-electron chi connectivity index (χ0n) is 13.6. The van der Waals surface area contributed by atoms with Crippen molar-refractivity contribution in [3.05, 3.63) is 0 Å². The maximum Gasteiger partial charge on any atom is 0.234 e. The lowest BCUT2D eigenvalue weighted by atomic mass is 10.0. The first-order valence-corrected chi connectivity index (χ1v) is 8.03. The molecule has 0 aromatic carbocycles. The third kappa shape index (κ3) is 4.41. The minimum absolute atomic E-state index is 0.0468. The van der Waals surface area contributed by atoms with Crippen LogP contribution < -0.4 is 11.1 Å². The van der Waals surface area contributed by atoms with Gasteiger partial charge in [-0.1, -0.05) is 0 Å². The van der Waals surface area contributed by atoms with E-state index >= 15 is 0 Å². The van der Waals surface area contributed by atoms with Gasteiger partial charge in [0, 0.05) is 25.2 Å². The molecule has 2 amide bonds. The molecule has 126 valence electrons. The molecule has 7 nitrogen and oxygen atoms in total. The summed E-state index contributed by atoms with van der Waals surface area (Å²) >= 11 is 0. The van der Waals surface area contributed by atoms with Crippen molar-refractivity contribution >= 4 is 11.8 Å². The van der Waals surface area contributed by atoms with Crippen LogP contribution in [0.1, 0.15) is 26.7 Å². The van der Waals surface area contributed by atoms with Crippen LogP contribution in [0.2, 0.25) is 0 Å². The second-order valence-electron chi connectivity index (χ2n) is 6.72. The monoisotopic (exact) mass is 312 g/mol. The maximum absolute atomic E-state index is 12.1. The van der Waals surface area contributed by atoms with Gasteiger partial charge in [0.1, 0.15) is 0 Å². The lowest BCUT2D eigenvalue weighted by Crippen LogP contribution is -2.56. The smallest absolute Gasteiger partial charge is 0.234 e. The Labute approximate surface area is 132 Å². The molecule has 0 spiro atoms. The van der Waals surface area contributed by atoms with Crippen molar-refractivity contribution in [1.29, 1.82) is 0 Å². The van der Waals surface area contributed by atoms with Crippen LogP contribution in [-0.2, 0) is 14.3 Å². The van der Waals surface area contributed by atoms with E-state index in [2.05, 4.69) is 24.1 Å². The number of nitrogens with zero attached hydrogens (tertiary/aromatic N) is 2. The normalized spacial score (nSPS) is 24.4. The summed E-state index contributed by atoms with van der Waals surface area (Å²) in [5.74, 6) is -0.381. The number of hydrogen-bond donors (Lipinski definition) is 2. The Kier molecular flexibility index (Phi) is 5.77. The van der Waals surface area contributed by atoms with Gasteiger partial charge in [0.05, 0.1) is 25.8 Å². The van der Waals surface area contributed by atoms with Crippen LogP contribution in [0.25, 0.3) is 0 Å². The van der Waals surface area contributed by atoms with E-state index in [1.807, 2.05) is 4.90 Å². The standard InChI is InChI=1S/C15H28N4O3/c1-15(2,19-6-8-22-9-7-19)11-17-13(20)10-18-5-3-4-12(18)14(16)21/h12H,3-11H2,1-2H3,(H2,16,21)(H,17,20)/t12-/m1/s1. The molecule has 0 aliphatic carbocycles. The van der Waals surface area contributed by atoms with Gasteiger partial charge in [-0.15, -0.1) is 0 Å². The number of carbonyl (C=O) groups is 2. The number of primary amides is 1. The zero-order chi connectivity index (χ0) is 16.2. The van der Waals surface area contributed by atoms with Crippen molar-refractivity contribution in [3.63, 3.8) is 0 Å². The van der Waals surface area contributed by atoms with Gasteiger partial charge in [-0.2, -0.15) is 0 Å². The predicted molar refractivity (Wildman–Crippen MR) is 83.3 cm³/mol. The fourth-order valence-corrected chi connectivity index (χ4v) is 3.17. The largest absolute Gasteiger partial charge is 0.379 e. The van der Waals surface area contributed by atoms with Crippen molar-refractivity contribution in [1.82, 2.24) is 15.1 Å². The zero-order valence-corrected chi connectivity index (χ0v) is 13.6. The van der Waals surface area contributed by atoms with Gasteiger partial charge < -0.3 is 15.8 Å². The fraction of sp³-hybridized carbons (Fsp3) is 0.867.